The largest absolute Gasteiger partial charge is 0.503 e. The van der Waals surface area contributed by atoms with Gasteiger partial charge < -0.3 is 10.4 Å². The highest BCUT2D eigenvalue weighted by Crippen LogP contribution is 2.31. The van der Waals surface area contributed by atoms with Gasteiger partial charge in [-0.05, 0) is 17.7 Å². The second-order valence-electron chi connectivity index (χ2n) is 4.00. The number of aliphatic hydroxyl groups excluding tert-OH is 1. The summed E-state index contributed by atoms with van der Waals surface area (Å²) in [5.74, 6) is -1.35. The maximum atomic E-state index is 11.8. The molecule has 0 spiro atoms. The Morgan fingerprint density at radius 3 is 2.56 bits per heavy atom. The lowest BCUT2D eigenvalue weighted by atomic mass is 9.96. The SMILES string of the molecule is CCC(=O)C1=C(O)C(=O)NC1c1ccc(Cl)cc1. The Hall–Kier alpha value is -1.81. The van der Waals surface area contributed by atoms with Crippen molar-refractivity contribution in [2.24, 2.45) is 0 Å². The maximum absolute atomic E-state index is 11.8. The highest BCUT2D eigenvalue weighted by molar-refractivity contribution is 6.30. The minimum Gasteiger partial charge on any atom is -0.503 e. The third-order valence-corrected chi connectivity index (χ3v) is 3.11. The predicted octanol–water partition coefficient (Wildman–Crippen LogP) is 2.30. The predicted molar refractivity (Wildman–Crippen MR) is 67.3 cm³/mol. The summed E-state index contributed by atoms with van der Waals surface area (Å²) in [6.07, 6.45) is 0.235. The first-order chi connectivity index (χ1) is 8.54. The highest BCUT2D eigenvalue weighted by atomic mass is 35.5. The van der Waals surface area contributed by atoms with E-state index in [0.717, 1.165) is 0 Å². The monoisotopic (exact) mass is 265 g/mol. The summed E-state index contributed by atoms with van der Waals surface area (Å²) < 4.78 is 0. The summed E-state index contributed by atoms with van der Waals surface area (Å²) in [6, 6.07) is 6.19. The fourth-order valence-corrected chi connectivity index (χ4v) is 2.05. The minimum absolute atomic E-state index is 0.129. The van der Waals surface area contributed by atoms with Gasteiger partial charge in [0.25, 0.3) is 5.91 Å². The number of carbonyl (C=O) groups excluding carboxylic acids is 2. The van der Waals surface area contributed by atoms with Crippen LogP contribution in [0.25, 0.3) is 0 Å². The highest BCUT2D eigenvalue weighted by Gasteiger charge is 2.35. The molecule has 1 aromatic rings. The average molecular weight is 266 g/mol. The molecule has 2 N–H and O–H groups in total. The molecular formula is C13H12ClNO3. The van der Waals surface area contributed by atoms with Crippen LogP contribution in [0.1, 0.15) is 24.9 Å². The van der Waals surface area contributed by atoms with Crippen molar-refractivity contribution in [1.29, 1.82) is 0 Å². The fraction of sp³-hybridized carbons (Fsp3) is 0.231. The van der Waals surface area contributed by atoms with E-state index in [1.165, 1.54) is 0 Å². The normalized spacial score (nSPS) is 19.0. The molecule has 1 heterocycles. The average Bonchev–Trinajstić information content (AvgIpc) is 2.66. The van der Waals surface area contributed by atoms with Crippen LogP contribution in [0.3, 0.4) is 0 Å². The molecule has 0 aromatic heterocycles. The first kappa shape index (κ1) is 12.6. The lowest BCUT2D eigenvalue weighted by Crippen LogP contribution is -2.23. The van der Waals surface area contributed by atoms with Crippen LogP contribution in [0, 0.1) is 0 Å². The molecule has 0 aliphatic carbocycles. The van der Waals surface area contributed by atoms with Crippen molar-refractivity contribution < 1.29 is 14.7 Å². The molecule has 0 saturated heterocycles. The van der Waals surface area contributed by atoms with Crippen LogP contribution in [0.15, 0.2) is 35.6 Å². The molecule has 0 fully saturated rings. The first-order valence-corrected chi connectivity index (χ1v) is 5.95. The van der Waals surface area contributed by atoms with E-state index in [9.17, 15) is 14.7 Å². The van der Waals surface area contributed by atoms with Crippen LogP contribution in [0.5, 0.6) is 0 Å². The Labute approximate surface area is 109 Å². The number of carbonyl (C=O) groups is 2. The van der Waals surface area contributed by atoms with Crippen LogP contribution >= 0.6 is 11.6 Å². The van der Waals surface area contributed by atoms with E-state index in [1.807, 2.05) is 0 Å². The third-order valence-electron chi connectivity index (χ3n) is 2.86. The zero-order chi connectivity index (χ0) is 13.3. The van der Waals surface area contributed by atoms with Gasteiger partial charge in [-0.15, -0.1) is 0 Å². The van der Waals surface area contributed by atoms with Crippen molar-refractivity contribution in [3.63, 3.8) is 0 Å². The Kier molecular flexibility index (Phi) is 3.39. The van der Waals surface area contributed by atoms with Gasteiger partial charge in [0.2, 0.25) is 0 Å². The van der Waals surface area contributed by atoms with Gasteiger partial charge in [0, 0.05) is 11.4 Å². The molecule has 1 atom stereocenters. The molecule has 0 bridgehead atoms. The number of nitrogens with one attached hydrogen (secondary N) is 1. The molecule has 1 amide bonds. The second kappa shape index (κ2) is 4.82. The third kappa shape index (κ3) is 2.11. The molecular weight excluding hydrogens is 254 g/mol. The van der Waals surface area contributed by atoms with Crippen LogP contribution in [-0.2, 0) is 9.59 Å². The number of benzene rings is 1. The molecule has 2 rings (SSSR count). The lowest BCUT2D eigenvalue weighted by molar-refractivity contribution is -0.119. The van der Waals surface area contributed by atoms with Crippen LogP contribution < -0.4 is 5.32 Å². The van der Waals surface area contributed by atoms with E-state index < -0.39 is 17.7 Å². The first-order valence-electron chi connectivity index (χ1n) is 5.57. The van der Waals surface area contributed by atoms with E-state index in [4.69, 9.17) is 11.6 Å². The van der Waals surface area contributed by atoms with Gasteiger partial charge >= 0.3 is 0 Å². The van der Waals surface area contributed by atoms with Gasteiger partial charge in [-0.3, -0.25) is 9.59 Å². The van der Waals surface area contributed by atoms with Gasteiger partial charge in [0.15, 0.2) is 11.5 Å². The Morgan fingerprint density at radius 1 is 1.39 bits per heavy atom. The smallest absolute Gasteiger partial charge is 0.287 e. The topological polar surface area (TPSA) is 66.4 Å². The van der Waals surface area contributed by atoms with Crippen molar-refractivity contribution in [1.82, 2.24) is 5.32 Å². The van der Waals surface area contributed by atoms with Gasteiger partial charge in [0.1, 0.15) is 0 Å². The molecule has 4 nitrogen and oxygen atoms in total. The number of hydrogen-bond donors (Lipinski definition) is 2. The number of ketones is 1. The summed E-state index contributed by atoms with van der Waals surface area (Å²) in [6.45, 7) is 1.68. The number of Topliss-reactive ketones (excluding diaryl/α,β-unsaturated/α-hetero) is 1. The molecule has 1 aliphatic rings. The molecule has 18 heavy (non-hydrogen) atoms. The zero-order valence-corrected chi connectivity index (χ0v) is 10.5. The summed E-state index contributed by atoms with van der Waals surface area (Å²) in [4.78, 5) is 23.2. The number of amides is 1. The van der Waals surface area contributed by atoms with Crippen LogP contribution in [0.4, 0.5) is 0 Å². The van der Waals surface area contributed by atoms with Gasteiger partial charge in [-0.25, -0.2) is 0 Å². The van der Waals surface area contributed by atoms with Crippen LogP contribution in [0.2, 0.25) is 5.02 Å². The van der Waals surface area contributed by atoms with Gasteiger partial charge in [-0.1, -0.05) is 30.7 Å². The summed E-state index contributed by atoms with van der Waals surface area (Å²) in [7, 11) is 0. The van der Waals surface area contributed by atoms with E-state index in [0.29, 0.717) is 10.6 Å². The number of hydrogen-bond acceptors (Lipinski definition) is 3. The van der Waals surface area contributed by atoms with E-state index >= 15 is 0 Å². The van der Waals surface area contributed by atoms with Crippen molar-refractivity contribution in [2.75, 3.05) is 0 Å². The van der Waals surface area contributed by atoms with E-state index in [2.05, 4.69) is 5.32 Å². The van der Waals surface area contributed by atoms with Gasteiger partial charge in [-0.2, -0.15) is 0 Å². The molecule has 1 aliphatic heterocycles. The lowest BCUT2D eigenvalue weighted by Gasteiger charge is -2.13. The summed E-state index contributed by atoms with van der Waals surface area (Å²) in [5.41, 5.74) is 0.846. The summed E-state index contributed by atoms with van der Waals surface area (Å²) >= 11 is 5.79. The zero-order valence-electron chi connectivity index (χ0n) is 9.74. The Bertz CT molecular complexity index is 534. The van der Waals surface area contributed by atoms with Crippen molar-refractivity contribution in [2.45, 2.75) is 19.4 Å². The maximum Gasteiger partial charge on any atom is 0.287 e. The van der Waals surface area contributed by atoms with Crippen molar-refractivity contribution >= 4 is 23.3 Å². The quantitative estimate of drug-likeness (QED) is 0.881. The minimum atomic E-state index is -0.619. The van der Waals surface area contributed by atoms with Crippen molar-refractivity contribution in [3.05, 3.63) is 46.2 Å². The number of rotatable bonds is 3. The summed E-state index contributed by atoms with van der Waals surface area (Å²) in [5, 5.41) is 12.8. The van der Waals surface area contributed by atoms with Gasteiger partial charge in [0.05, 0.1) is 11.6 Å². The standard InChI is InChI=1S/C13H12ClNO3/c1-2-9(16)10-11(15-13(18)12(10)17)7-3-5-8(14)6-4-7/h3-6,11,17H,2H2,1H3,(H,15,18). The molecule has 0 radical (unpaired) electrons. The van der Waals surface area contributed by atoms with Crippen LogP contribution in [-0.4, -0.2) is 16.8 Å². The number of halogens is 1. The molecule has 1 aromatic carbocycles. The molecule has 94 valence electrons. The van der Waals surface area contributed by atoms with E-state index in [-0.39, 0.29) is 17.8 Å². The van der Waals surface area contributed by atoms with Crippen molar-refractivity contribution in [3.8, 4) is 0 Å². The Balaban J connectivity index is 2.42. The number of aliphatic hydroxyl groups is 1. The Morgan fingerprint density at radius 2 is 2.00 bits per heavy atom. The molecule has 1 unspecified atom stereocenters. The molecule has 0 saturated carbocycles. The second-order valence-corrected chi connectivity index (χ2v) is 4.43. The fourth-order valence-electron chi connectivity index (χ4n) is 1.92. The molecule has 5 heteroatoms. The van der Waals surface area contributed by atoms with E-state index in [1.54, 1.807) is 31.2 Å².